The maximum atomic E-state index is 12.2. The van der Waals surface area contributed by atoms with Crippen LogP contribution in [0.25, 0.3) is 0 Å². The molecular formula is C17H21NO4. The van der Waals surface area contributed by atoms with Crippen molar-refractivity contribution in [3.63, 3.8) is 0 Å². The Morgan fingerprint density at radius 2 is 2.00 bits per heavy atom. The molecule has 0 fully saturated rings. The number of hydrogen-bond acceptors (Lipinski definition) is 4. The SMILES string of the molecule is CC(CO)C(C)NC(=O)c1occc1COc1ccccc1. The molecule has 5 nitrogen and oxygen atoms in total. The average molecular weight is 303 g/mol. The van der Waals surface area contributed by atoms with Gasteiger partial charge in [0.15, 0.2) is 5.76 Å². The van der Waals surface area contributed by atoms with E-state index in [1.54, 1.807) is 6.07 Å². The number of carbonyl (C=O) groups excluding carboxylic acids is 1. The zero-order chi connectivity index (χ0) is 15.9. The lowest BCUT2D eigenvalue weighted by Crippen LogP contribution is -2.38. The van der Waals surface area contributed by atoms with Gasteiger partial charge in [-0.15, -0.1) is 0 Å². The van der Waals surface area contributed by atoms with Gasteiger partial charge in [0.2, 0.25) is 0 Å². The van der Waals surface area contributed by atoms with Crippen LogP contribution in [0.2, 0.25) is 0 Å². The average Bonchev–Trinajstić information content (AvgIpc) is 3.01. The summed E-state index contributed by atoms with van der Waals surface area (Å²) in [5.41, 5.74) is 0.685. The highest BCUT2D eigenvalue weighted by molar-refractivity contribution is 5.93. The lowest BCUT2D eigenvalue weighted by atomic mass is 10.1. The van der Waals surface area contributed by atoms with Crippen molar-refractivity contribution in [2.75, 3.05) is 6.61 Å². The summed E-state index contributed by atoms with van der Waals surface area (Å²) in [6.45, 7) is 3.99. The van der Waals surface area contributed by atoms with Crippen LogP contribution in [0.3, 0.4) is 0 Å². The summed E-state index contributed by atoms with van der Waals surface area (Å²) < 4.78 is 10.9. The highest BCUT2D eigenvalue weighted by Gasteiger charge is 2.20. The standard InChI is InChI=1S/C17H21NO4/c1-12(10-19)13(2)18-17(20)16-14(8-9-21-16)11-22-15-6-4-3-5-7-15/h3-9,12-13,19H,10-11H2,1-2H3,(H,18,20). The van der Waals surface area contributed by atoms with E-state index in [4.69, 9.17) is 14.3 Å². The number of carbonyl (C=O) groups is 1. The maximum Gasteiger partial charge on any atom is 0.287 e. The van der Waals surface area contributed by atoms with Crippen molar-refractivity contribution in [2.45, 2.75) is 26.5 Å². The van der Waals surface area contributed by atoms with Crippen molar-refractivity contribution in [2.24, 2.45) is 5.92 Å². The maximum absolute atomic E-state index is 12.2. The Balaban J connectivity index is 1.98. The van der Waals surface area contributed by atoms with Gasteiger partial charge in [-0.05, 0) is 31.0 Å². The fourth-order valence-electron chi connectivity index (χ4n) is 1.90. The molecule has 0 aliphatic heterocycles. The van der Waals surface area contributed by atoms with Gasteiger partial charge in [-0.25, -0.2) is 0 Å². The number of aliphatic hydroxyl groups excluding tert-OH is 1. The van der Waals surface area contributed by atoms with Gasteiger partial charge in [-0.3, -0.25) is 4.79 Å². The minimum absolute atomic E-state index is 0.0174. The molecule has 1 heterocycles. The monoisotopic (exact) mass is 303 g/mol. The van der Waals surface area contributed by atoms with E-state index in [2.05, 4.69) is 5.32 Å². The predicted molar refractivity (Wildman–Crippen MR) is 82.7 cm³/mol. The molecule has 5 heteroatoms. The van der Waals surface area contributed by atoms with Crippen molar-refractivity contribution in [3.8, 4) is 5.75 Å². The van der Waals surface area contributed by atoms with Crippen LogP contribution in [-0.2, 0) is 6.61 Å². The van der Waals surface area contributed by atoms with Crippen molar-refractivity contribution in [1.29, 1.82) is 0 Å². The van der Waals surface area contributed by atoms with E-state index in [1.165, 1.54) is 6.26 Å². The molecule has 0 saturated carbocycles. The number of hydrogen-bond donors (Lipinski definition) is 2. The van der Waals surface area contributed by atoms with Crippen LogP contribution in [-0.4, -0.2) is 23.7 Å². The van der Waals surface area contributed by atoms with Gasteiger partial charge >= 0.3 is 0 Å². The van der Waals surface area contributed by atoms with Crippen LogP contribution < -0.4 is 10.1 Å². The smallest absolute Gasteiger partial charge is 0.287 e. The second-order valence-electron chi connectivity index (χ2n) is 5.30. The second-order valence-corrected chi connectivity index (χ2v) is 5.30. The Bertz CT molecular complexity index is 594. The van der Waals surface area contributed by atoms with Gasteiger partial charge < -0.3 is 19.6 Å². The first kappa shape index (κ1) is 16.1. The summed E-state index contributed by atoms with van der Waals surface area (Å²) in [6.07, 6.45) is 1.47. The van der Waals surface area contributed by atoms with Crippen molar-refractivity contribution < 1.29 is 19.1 Å². The largest absolute Gasteiger partial charge is 0.489 e. The summed E-state index contributed by atoms with van der Waals surface area (Å²) in [5, 5.41) is 11.9. The molecule has 0 spiro atoms. The number of furan rings is 1. The van der Waals surface area contributed by atoms with Crippen LogP contribution in [0.5, 0.6) is 5.75 Å². The van der Waals surface area contributed by atoms with E-state index in [0.717, 1.165) is 5.75 Å². The van der Waals surface area contributed by atoms with Gasteiger partial charge in [0.1, 0.15) is 12.4 Å². The highest BCUT2D eigenvalue weighted by Crippen LogP contribution is 2.16. The highest BCUT2D eigenvalue weighted by atomic mass is 16.5. The molecule has 2 N–H and O–H groups in total. The van der Waals surface area contributed by atoms with Crippen LogP contribution in [0.4, 0.5) is 0 Å². The molecule has 0 aliphatic carbocycles. The zero-order valence-electron chi connectivity index (χ0n) is 12.8. The number of nitrogens with one attached hydrogen (secondary N) is 1. The zero-order valence-corrected chi connectivity index (χ0v) is 12.8. The van der Waals surface area contributed by atoms with Crippen molar-refractivity contribution in [1.82, 2.24) is 5.32 Å². The Labute approximate surface area is 129 Å². The molecular weight excluding hydrogens is 282 g/mol. The van der Waals surface area contributed by atoms with E-state index in [9.17, 15) is 4.79 Å². The predicted octanol–water partition coefficient (Wildman–Crippen LogP) is 2.61. The molecule has 0 radical (unpaired) electrons. The molecule has 2 rings (SSSR count). The number of aliphatic hydroxyl groups is 1. The van der Waals surface area contributed by atoms with Crippen molar-refractivity contribution in [3.05, 3.63) is 54.0 Å². The third-order valence-corrected chi connectivity index (χ3v) is 3.59. The van der Waals surface area contributed by atoms with Crippen LogP contribution in [0, 0.1) is 5.92 Å². The van der Waals surface area contributed by atoms with Crippen LogP contribution >= 0.6 is 0 Å². The second kappa shape index (κ2) is 7.66. The third kappa shape index (κ3) is 4.11. The Kier molecular flexibility index (Phi) is 5.61. The summed E-state index contributed by atoms with van der Waals surface area (Å²) in [5.74, 6) is 0.651. The fourth-order valence-corrected chi connectivity index (χ4v) is 1.90. The minimum Gasteiger partial charge on any atom is -0.489 e. The molecule has 0 bridgehead atoms. The molecule has 2 atom stereocenters. The van der Waals surface area contributed by atoms with Gasteiger partial charge in [-0.1, -0.05) is 25.1 Å². The first-order valence-electron chi connectivity index (χ1n) is 7.27. The van der Waals surface area contributed by atoms with Gasteiger partial charge in [0.05, 0.1) is 6.26 Å². The van der Waals surface area contributed by atoms with E-state index >= 15 is 0 Å². The molecule has 22 heavy (non-hydrogen) atoms. The fraction of sp³-hybridized carbons (Fsp3) is 0.353. The summed E-state index contributed by atoms with van der Waals surface area (Å²) >= 11 is 0. The number of rotatable bonds is 7. The first-order chi connectivity index (χ1) is 10.6. The third-order valence-electron chi connectivity index (χ3n) is 3.59. The first-order valence-corrected chi connectivity index (χ1v) is 7.27. The van der Waals surface area contributed by atoms with E-state index < -0.39 is 0 Å². The van der Waals surface area contributed by atoms with Crippen LogP contribution in [0.15, 0.2) is 47.1 Å². The molecule has 0 saturated heterocycles. The normalized spacial score (nSPS) is 13.4. The number of amides is 1. The van der Waals surface area contributed by atoms with Gasteiger partial charge in [0, 0.05) is 18.2 Å². The summed E-state index contributed by atoms with van der Waals surface area (Å²) in [6, 6.07) is 11.0. The summed E-state index contributed by atoms with van der Waals surface area (Å²) in [7, 11) is 0. The number of ether oxygens (including phenoxy) is 1. The quantitative estimate of drug-likeness (QED) is 0.824. The van der Waals surface area contributed by atoms with E-state index in [-0.39, 0.29) is 36.8 Å². The van der Waals surface area contributed by atoms with Crippen LogP contribution in [0.1, 0.15) is 30.0 Å². The summed E-state index contributed by atoms with van der Waals surface area (Å²) in [4.78, 5) is 12.2. The van der Waals surface area contributed by atoms with Crippen molar-refractivity contribution >= 4 is 5.91 Å². The minimum atomic E-state index is -0.301. The lowest BCUT2D eigenvalue weighted by molar-refractivity contribution is 0.0884. The molecule has 2 aromatic rings. The number of para-hydroxylation sites is 1. The van der Waals surface area contributed by atoms with Gasteiger partial charge in [-0.2, -0.15) is 0 Å². The lowest BCUT2D eigenvalue weighted by Gasteiger charge is -2.18. The number of benzene rings is 1. The molecule has 1 aromatic carbocycles. The Morgan fingerprint density at radius 3 is 2.68 bits per heavy atom. The molecule has 118 valence electrons. The topological polar surface area (TPSA) is 71.7 Å². The molecule has 0 aliphatic rings. The molecule has 1 amide bonds. The van der Waals surface area contributed by atoms with E-state index in [0.29, 0.717) is 5.56 Å². The Morgan fingerprint density at radius 1 is 1.27 bits per heavy atom. The molecule has 2 unspecified atom stereocenters. The van der Waals surface area contributed by atoms with E-state index in [1.807, 2.05) is 44.2 Å². The Hall–Kier alpha value is -2.27. The molecule has 1 aromatic heterocycles. The van der Waals surface area contributed by atoms with Gasteiger partial charge in [0.25, 0.3) is 5.91 Å².